The monoisotopic (exact) mass is 383 g/mol. The SMILES string of the molecule is Cc1cn(CC23CCC(c4ccc(OC/C(=C/F)CN)cc4)(CC2)CC3)cn1. The number of rotatable bonds is 7. The van der Waals surface area contributed by atoms with E-state index in [1.165, 1.54) is 44.1 Å². The van der Waals surface area contributed by atoms with E-state index in [4.69, 9.17) is 10.5 Å². The smallest absolute Gasteiger partial charge is 0.119 e. The molecule has 0 atom stereocenters. The minimum absolute atomic E-state index is 0.179. The quantitative estimate of drug-likeness (QED) is 0.756. The number of nitrogens with zero attached hydrogens (tertiary/aromatic N) is 2. The molecule has 0 radical (unpaired) electrons. The molecular weight excluding hydrogens is 353 g/mol. The van der Waals surface area contributed by atoms with Crippen LogP contribution in [-0.2, 0) is 12.0 Å². The fraction of sp³-hybridized carbons (Fsp3) is 0.522. The Morgan fingerprint density at radius 3 is 2.39 bits per heavy atom. The van der Waals surface area contributed by atoms with Crippen molar-refractivity contribution in [2.75, 3.05) is 13.2 Å². The van der Waals surface area contributed by atoms with Crippen LogP contribution in [0.25, 0.3) is 0 Å². The minimum atomic E-state index is 0.179. The van der Waals surface area contributed by atoms with Gasteiger partial charge in [0.15, 0.2) is 0 Å². The standard InChI is InChI=1S/C23H30FN3O/c1-18-14-27(17-26-18)16-22-6-9-23(10-7-22,11-8-22)20-2-4-21(5-3-20)28-15-19(12-24)13-25/h2-5,12,14,17H,6-11,13,15-16,25H2,1H3/b19-12+. The van der Waals surface area contributed by atoms with Crippen LogP contribution in [0.3, 0.4) is 0 Å². The molecule has 2 aromatic rings. The van der Waals surface area contributed by atoms with Gasteiger partial charge in [0.2, 0.25) is 0 Å². The Bertz CT molecular complexity index is 815. The van der Waals surface area contributed by atoms with Crippen LogP contribution in [0.2, 0.25) is 0 Å². The Hall–Kier alpha value is -2.14. The van der Waals surface area contributed by atoms with Crippen molar-refractivity contribution in [1.29, 1.82) is 0 Å². The first-order valence-corrected chi connectivity index (χ1v) is 10.3. The Morgan fingerprint density at radius 2 is 1.86 bits per heavy atom. The average Bonchev–Trinajstić information content (AvgIpc) is 3.14. The van der Waals surface area contributed by atoms with Gasteiger partial charge in [0, 0.05) is 24.9 Å². The molecule has 3 aliphatic rings. The molecule has 1 aromatic heterocycles. The Balaban J connectivity index is 1.40. The lowest BCUT2D eigenvalue weighted by atomic mass is 9.52. The van der Waals surface area contributed by atoms with Gasteiger partial charge in [-0.05, 0) is 74.0 Å². The van der Waals surface area contributed by atoms with E-state index in [0.717, 1.165) is 18.0 Å². The number of nitrogens with two attached hydrogens (primary N) is 1. The largest absolute Gasteiger partial charge is 0.489 e. The first kappa shape index (κ1) is 19.2. The van der Waals surface area contributed by atoms with E-state index in [2.05, 4.69) is 34.8 Å². The van der Waals surface area contributed by atoms with Gasteiger partial charge in [-0.1, -0.05) is 12.1 Å². The molecule has 5 rings (SSSR count). The highest BCUT2D eigenvalue weighted by atomic mass is 19.1. The average molecular weight is 384 g/mol. The van der Waals surface area contributed by atoms with Gasteiger partial charge in [-0.25, -0.2) is 9.37 Å². The van der Waals surface area contributed by atoms with Crippen LogP contribution in [-0.4, -0.2) is 22.7 Å². The molecule has 0 saturated heterocycles. The van der Waals surface area contributed by atoms with Gasteiger partial charge < -0.3 is 15.0 Å². The summed E-state index contributed by atoms with van der Waals surface area (Å²) in [7, 11) is 0. The van der Waals surface area contributed by atoms with E-state index in [9.17, 15) is 4.39 Å². The first-order valence-electron chi connectivity index (χ1n) is 10.3. The van der Waals surface area contributed by atoms with Crippen LogP contribution >= 0.6 is 0 Å². The van der Waals surface area contributed by atoms with Crippen LogP contribution in [0.15, 0.2) is 48.7 Å². The molecular formula is C23H30FN3O. The maximum atomic E-state index is 12.6. The molecule has 2 N–H and O–H groups in total. The van der Waals surface area contributed by atoms with Crippen LogP contribution in [0.4, 0.5) is 4.39 Å². The highest BCUT2D eigenvalue weighted by molar-refractivity contribution is 5.34. The predicted octanol–water partition coefficient (Wildman–Crippen LogP) is 4.67. The molecule has 3 fully saturated rings. The third-order valence-electron chi connectivity index (χ3n) is 6.99. The summed E-state index contributed by atoms with van der Waals surface area (Å²) in [5, 5.41) is 0. The molecule has 2 bridgehead atoms. The van der Waals surface area contributed by atoms with Crippen molar-refractivity contribution >= 4 is 0 Å². The van der Waals surface area contributed by atoms with Gasteiger partial charge in [0.05, 0.1) is 18.4 Å². The Morgan fingerprint density at radius 1 is 1.18 bits per heavy atom. The van der Waals surface area contributed by atoms with Crippen molar-refractivity contribution in [2.45, 2.75) is 57.4 Å². The number of aromatic nitrogens is 2. The van der Waals surface area contributed by atoms with Crippen molar-refractivity contribution in [3.05, 3.63) is 59.9 Å². The number of benzene rings is 1. The van der Waals surface area contributed by atoms with Gasteiger partial charge >= 0.3 is 0 Å². The minimum Gasteiger partial charge on any atom is -0.489 e. The fourth-order valence-corrected chi connectivity index (χ4v) is 5.09. The van der Waals surface area contributed by atoms with E-state index >= 15 is 0 Å². The van der Waals surface area contributed by atoms with Gasteiger partial charge in [0.25, 0.3) is 0 Å². The van der Waals surface area contributed by atoms with Gasteiger partial charge in [-0.2, -0.15) is 0 Å². The molecule has 3 saturated carbocycles. The lowest BCUT2D eigenvalue weighted by Gasteiger charge is -2.54. The summed E-state index contributed by atoms with van der Waals surface area (Å²) >= 11 is 0. The molecule has 0 aliphatic heterocycles. The van der Waals surface area contributed by atoms with Gasteiger partial charge in [-0.15, -0.1) is 0 Å². The number of hydrogen-bond donors (Lipinski definition) is 1. The highest BCUT2D eigenvalue weighted by Gasteiger charge is 2.49. The molecule has 5 heteroatoms. The summed E-state index contributed by atoms with van der Waals surface area (Å²) < 4.78 is 20.5. The van der Waals surface area contributed by atoms with Crippen molar-refractivity contribution in [3.8, 4) is 5.75 Å². The van der Waals surface area contributed by atoms with Crippen molar-refractivity contribution in [2.24, 2.45) is 11.1 Å². The zero-order valence-electron chi connectivity index (χ0n) is 16.7. The normalized spacial score (nSPS) is 27.2. The van der Waals surface area contributed by atoms with E-state index in [1.807, 2.05) is 18.5 Å². The fourth-order valence-electron chi connectivity index (χ4n) is 5.09. The number of aryl methyl sites for hydroxylation is 1. The maximum absolute atomic E-state index is 12.6. The Kier molecular flexibility index (Phi) is 5.28. The topological polar surface area (TPSA) is 53.1 Å². The molecule has 150 valence electrons. The van der Waals surface area contributed by atoms with E-state index < -0.39 is 0 Å². The summed E-state index contributed by atoms with van der Waals surface area (Å²) in [5.41, 5.74) is 9.21. The second kappa shape index (κ2) is 7.70. The van der Waals surface area contributed by atoms with E-state index in [0.29, 0.717) is 22.7 Å². The number of hydrogen-bond acceptors (Lipinski definition) is 3. The van der Waals surface area contributed by atoms with Gasteiger partial charge in [-0.3, -0.25) is 0 Å². The molecule has 4 nitrogen and oxygen atoms in total. The van der Waals surface area contributed by atoms with Crippen LogP contribution < -0.4 is 10.5 Å². The summed E-state index contributed by atoms with van der Waals surface area (Å²) in [5.74, 6) is 0.768. The zero-order chi connectivity index (χ0) is 19.6. The second-order valence-electron chi connectivity index (χ2n) is 8.75. The highest BCUT2D eigenvalue weighted by Crippen LogP contribution is 2.58. The third-order valence-corrected chi connectivity index (χ3v) is 6.99. The molecule has 1 heterocycles. The molecule has 1 aromatic carbocycles. The lowest BCUT2D eigenvalue weighted by Crippen LogP contribution is -2.45. The van der Waals surface area contributed by atoms with Crippen molar-refractivity contribution < 1.29 is 9.13 Å². The lowest BCUT2D eigenvalue weighted by molar-refractivity contribution is 0.0253. The molecule has 0 spiro atoms. The predicted molar refractivity (Wildman–Crippen MR) is 109 cm³/mol. The molecule has 0 unspecified atom stereocenters. The van der Waals surface area contributed by atoms with E-state index in [1.54, 1.807) is 0 Å². The molecule has 0 amide bonds. The number of fused-ring (bicyclic) bond motifs is 3. The van der Waals surface area contributed by atoms with Gasteiger partial charge in [0.1, 0.15) is 12.4 Å². The van der Waals surface area contributed by atoms with Crippen molar-refractivity contribution in [1.82, 2.24) is 9.55 Å². The summed E-state index contributed by atoms with van der Waals surface area (Å²) in [6.07, 6.45) is 12.3. The van der Waals surface area contributed by atoms with E-state index in [-0.39, 0.29) is 13.2 Å². The number of ether oxygens (including phenoxy) is 1. The first-order chi connectivity index (χ1) is 13.6. The number of imidazole rings is 1. The molecule has 28 heavy (non-hydrogen) atoms. The summed E-state index contributed by atoms with van der Waals surface area (Å²) in [4.78, 5) is 4.39. The maximum Gasteiger partial charge on any atom is 0.119 e. The molecule has 3 aliphatic carbocycles. The second-order valence-corrected chi connectivity index (χ2v) is 8.75. The summed E-state index contributed by atoms with van der Waals surface area (Å²) in [6.45, 7) is 3.53. The van der Waals surface area contributed by atoms with Crippen LogP contribution in [0.1, 0.15) is 49.8 Å². The van der Waals surface area contributed by atoms with Crippen molar-refractivity contribution in [3.63, 3.8) is 0 Å². The van der Waals surface area contributed by atoms with Crippen LogP contribution in [0, 0.1) is 12.3 Å². The zero-order valence-corrected chi connectivity index (χ0v) is 16.7. The Labute approximate surface area is 166 Å². The third kappa shape index (κ3) is 3.72. The summed E-state index contributed by atoms with van der Waals surface area (Å²) in [6, 6.07) is 8.44. The van der Waals surface area contributed by atoms with Crippen LogP contribution in [0.5, 0.6) is 5.75 Å². The number of halogens is 1.